The van der Waals surface area contributed by atoms with Gasteiger partial charge in [-0.05, 0) is 30.0 Å². The first kappa shape index (κ1) is 17.5. The van der Waals surface area contributed by atoms with E-state index in [9.17, 15) is 0 Å². The van der Waals surface area contributed by atoms with Gasteiger partial charge >= 0.3 is 0 Å². The molecule has 2 rings (SSSR count). The zero-order valence-corrected chi connectivity index (χ0v) is 14.8. The number of thioether (sulfide) groups is 1. The Hall–Kier alpha value is -1.85. The zero-order valence-electron chi connectivity index (χ0n) is 14.0. The molecular formula is C18H23NO3S. The first-order valence-electron chi connectivity index (χ1n) is 7.35. The molecule has 2 aromatic rings. The van der Waals surface area contributed by atoms with Gasteiger partial charge in [-0.1, -0.05) is 18.2 Å². The molecule has 0 heterocycles. The van der Waals surface area contributed by atoms with Gasteiger partial charge in [-0.2, -0.15) is 0 Å². The Morgan fingerprint density at radius 2 is 1.52 bits per heavy atom. The Bertz CT molecular complexity index is 629. The van der Waals surface area contributed by atoms with Crippen molar-refractivity contribution < 1.29 is 14.2 Å². The van der Waals surface area contributed by atoms with E-state index < -0.39 is 0 Å². The molecule has 0 unspecified atom stereocenters. The average Bonchev–Trinajstić information content (AvgIpc) is 2.61. The molecule has 2 aromatic carbocycles. The topological polar surface area (TPSA) is 39.7 Å². The van der Waals surface area contributed by atoms with Crippen molar-refractivity contribution in [2.45, 2.75) is 18.0 Å². The molecular weight excluding hydrogens is 310 g/mol. The van der Waals surface area contributed by atoms with Gasteiger partial charge in [-0.25, -0.2) is 0 Å². The minimum atomic E-state index is 0.624. The molecule has 0 atom stereocenters. The van der Waals surface area contributed by atoms with Crippen molar-refractivity contribution in [3.63, 3.8) is 0 Å². The molecule has 1 N–H and O–H groups in total. The van der Waals surface area contributed by atoms with E-state index in [2.05, 4.69) is 35.8 Å². The fourth-order valence-corrected chi connectivity index (χ4v) is 2.80. The Morgan fingerprint density at radius 1 is 0.826 bits per heavy atom. The van der Waals surface area contributed by atoms with Crippen molar-refractivity contribution in [2.75, 3.05) is 27.6 Å². The quantitative estimate of drug-likeness (QED) is 0.746. The molecule has 0 aliphatic carbocycles. The lowest BCUT2D eigenvalue weighted by molar-refractivity contribution is 0.321. The van der Waals surface area contributed by atoms with Crippen molar-refractivity contribution in [3.8, 4) is 17.2 Å². The number of benzene rings is 2. The van der Waals surface area contributed by atoms with Crippen molar-refractivity contribution in [2.24, 2.45) is 0 Å². The van der Waals surface area contributed by atoms with Gasteiger partial charge in [0.05, 0.1) is 21.3 Å². The summed E-state index contributed by atoms with van der Waals surface area (Å²) >= 11 is 1.75. The largest absolute Gasteiger partial charge is 0.493 e. The maximum absolute atomic E-state index is 5.50. The van der Waals surface area contributed by atoms with E-state index in [4.69, 9.17) is 14.2 Å². The van der Waals surface area contributed by atoms with Crippen LogP contribution < -0.4 is 19.5 Å². The smallest absolute Gasteiger partial charge is 0.203 e. The SMILES string of the molecule is COc1ccc(CNCc2ccc(SC)cc2)c(OC)c1OC. The van der Waals surface area contributed by atoms with Gasteiger partial charge in [0.2, 0.25) is 5.75 Å². The standard InChI is InChI=1S/C18H23NO3S/c1-20-16-10-7-14(17(21-2)18(16)22-3)12-19-11-13-5-8-15(23-4)9-6-13/h5-10,19H,11-12H2,1-4H3. The molecule has 23 heavy (non-hydrogen) atoms. The molecule has 0 fully saturated rings. The minimum absolute atomic E-state index is 0.624. The predicted molar refractivity (Wildman–Crippen MR) is 94.9 cm³/mol. The summed E-state index contributed by atoms with van der Waals surface area (Å²) in [5.41, 5.74) is 2.29. The lowest BCUT2D eigenvalue weighted by Crippen LogP contribution is -2.13. The van der Waals surface area contributed by atoms with Crippen LogP contribution in [0.25, 0.3) is 0 Å². The van der Waals surface area contributed by atoms with E-state index in [-0.39, 0.29) is 0 Å². The van der Waals surface area contributed by atoms with Crippen molar-refractivity contribution >= 4 is 11.8 Å². The van der Waals surface area contributed by atoms with Gasteiger partial charge in [0.15, 0.2) is 11.5 Å². The number of ether oxygens (including phenoxy) is 3. The maximum Gasteiger partial charge on any atom is 0.203 e. The van der Waals surface area contributed by atoms with E-state index >= 15 is 0 Å². The van der Waals surface area contributed by atoms with E-state index in [1.807, 2.05) is 12.1 Å². The molecule has 0 bridgehead atoms. The van der Waals surface area contributed by atoms with Crippen LogP contribution in [0.2, 0.25) is 0 Å². The molecule has 5 heteroatoms. The van der Waals surface area contributed by atoms with Gasteiger partial charge in [0.25, 0.3) is 0 Å². The highest BCUT2D eigenvalue weighted by Crippen LogP contribution is 2.39. The van der Waals surface area contributed by atoms with Crippen LogP contribution in [0.1, 0.15) is 11.1 Å². The molecule has 0 aromatic heterocycles. The van der Waals surface area contributed by atoms with Gasteiger partial charge in [-0.15, -0.1) is 11.8 Å². The van der Waals surface area contributed by atoms with Gasteiger partial charge in [-0.3, -0.25) is 0 Å². The van der Waals surface area contributed by atoms with Crippen LogP contribution in [-0.4, -0.2) is 27.6 Å². The highest BCUT2D eigenvalue weighted by molar-refractivity contribution is 7.98. The number of methoxy groups -OCH3 is 3. The molecule has 124 valence electrons. The summed E-state index contributed by atoms with van der Waals surface area (Å²) in [6.07, 6.45) is 2.08. The third-order valence-corrected chi connectivity index (χ3v) is 4.33. The van der Waals surface area contributed by atoms with Crippen LogP contribution in [-0.2, 0) is 13.1 Å². The fourth-order valence-electron chi connectivity index (χ4n) is 2.39. The molecule has 0 amide bonds. The second-order valence-electron chi connectivity index (χ2n) is 4.95. The monoisotopic (exact) mass is 333 g/mol. The van der Waals surface area contributed by atoms with Crippen LogP contribution in [0.4, 0.5) is 0 Å². The Balaban J connectivity index is 2.04. The highest BCUT2D eigenvalue weighted by Gasteiger charge is 2.15. The molecule has 0 aliphatic rings. The van der Waals surface area contributed by atoms with Crippen LogP contribution in [0.3, 0.4) is 0 Å². The van der Waals surface area contributed by atoms with Crippen molar-refractivity contribution in [1.82, 2.24) is 5.32 Å². The zero-order chi connectivity index (χ0) is 16.7. The minimum Gasteiger partial charge on any atom is -0.493 e. The predicted octanol–water partition coefficient (Wildman–Crippen LogP) is 3.72. The molecule has 0 saturated heterocycles. The summed E-state index contributed by atoms with van der Waals surface area (Å²) < 4.78 is 16.2. The Labute approximate surface area is 142 Å². The summed E-state index contributed by atoms with van der Waals surface area (Å²) in [5, 5.41) is 3.44. The Morgan fingerprint density at radius 3 is 2.09 bits per heavy atom. The third kappa shape index (κ3) is 4.33. The number of nitrogens with one attached hydrogen (secondary N) is 1. The van der Waals surface area contributed by atoms with Crippen molar-refractivity contribution in [1.29, 1.82) is 0 Å². The second kappa shape index (κ2) is 8.70. The van der Waals surface area contributed by atoms with E-state index in [1.54, 1.807) is 33.1 Å². The third-order valence-electron chi connectivity index (χ3n) is 3.59. The lowest BCUT2D eigenvalue weighted by atomic mass is 10.1. The maximum atomic E-state index is 5.50. The highest BCUT2D eigenvalue weighted by atomic mass is 32.2. The van der Waals surface area contributed by atoms with Gasteiger partial charge < -0.3 is 19.5 Å². The van der Waals surface area contributed by atoms with Crippen LogP contribution in [0, 0.1) is 0 Å². The van der Waals surface area contributed by atoms with Crippen LogP contribution in [0.5, 0.6) is 17.2 Å². The van der Waals surface area contributed by atoms with E-state index in [0.717, 1.165) is 12.1 Å². The first-order valence-corrected chi connectivity index (χ1v) is 8.57. The van der Waals surface area contributed by atoms with Gasteiger partial charge in [0, 0.05) is 23.5 Å². The van der Waals surface area contributed by atoms with Gasteiger partial charge in [0.1, 0.15) is 0 Å². The summed E-state index contributed by atoms with van der Waals surface area (Å²) in [7, 11) is 4.88. The molecule has 0 saturated carbocycles. The molecule has 0 spiro atoms. The summed E-state index contributed by atoms with van der Waals surface area (Å²) in [6.45, 7) is 1.49. The van der Waals surface area contributed by atoms with Crippen LogP contribution in [0.15, 0.2) is 41.3 Å². The molecule has 4 nitrogen and oxygen atoms in total. The van der Waals surface area contributed by atoms with E-state index in [1.165, 1.54) is 10.5 Å². The first-order chi connectivity index (χ1) is 11.2. The number of rotatable bonds is 8. The summed E-state index contributed by atoms with van der Waals surface area (Å²) in [6, 6.07) is 12.4. The lowest BCUT2D eigenvalue weighted by Gasteiger charge is -2.16. The summed E-state index contributed by atoms with van der Waals surface area (Å²) in [4.78, 5) is 1.27. The summed E-state index contributed by atoms with van der Waals surface area (Å²) in [5.74, 6) is 2.00. The van der Waals surface area contributed by atoms with Crippen LogP contribution >= 0.6 is 11.8 Å². The molecule has 0 aliphatic heterocycles. The van der Waals surface area contributed by atoms with E-state index in [0.29, 0.717) is 23.8 Å². The normalized spacial score (nSPS) is 10.4. The second-order valence-corrected chi connectivity index (χ2v) is 5.82. The molecule has 0 radical (unpaired) electrons. The number of hydrogen-bond donors (Lipinski definition) is 1. The van der Waals surface area contributed by atoms with Crippen molar-refractivity contribution in [3.05, 3.63) is 47.5 Å². The average molecular weight is 333 g/mol. The fraction of sp³-hybridized carbons (Fsp3) is 0.333. The Kier molecular flexibility index (Phi) is 6.62. The number of hydrogen-bond acceptors (Lipinski definition) is 5.